The van der Waals surface area contributed by atoms with Gasteiger partial charge in [0.1, 0.15) is 5.56 Å². The molecule has 0 radical (unpaired) electrons. The highest BCUT2D eigenvalue weighted by molar-refractivity contribution is 6.31. The fourth-order valence-electron chi connectivity index (χ4n) is 1.28. The van der Waals surface area contributed by atoms with E-state index in [2.05, 4.69) is 0 Å². The highest BCUT2D eigenvalue weighted by Crippen LogP contribution is 2.34. The zero-order valence-corrected chi connectivity index (χ0v) is 8.79. The summed E-state index contributed by atoms with van der Waals surface area (Å²) in [5.41, 5.74) is -2.15. The molecular formula is C9H6ClF2NO3. The smallest absolute Gasteiger partial charge is 0.280 e. The van der Waals surface area contributed by atoms with Crippen molar-refractivity contribution < 1.29 is 18.5 Å². The topological polar surface area (TPSA) is 60.2 Å². The summed E-state index contributed by atoms with van der Waals surface area (Å²) in [4.78, 5) is 20.7. The van der Waals surface area contributed by atoms with Crippen molar-refractivity contribution in [3.8, 4) is 0 Å². The standard InChI is InChI=1S/C9H6ClF2NO3/c1-4(14)6-2-5(10)3-7(13(15)16)8(6)9(11)12/h2-3,9H,1H3. The molecule has 0 aliphatic rings. The van der Waals surface area contributed by atoms with Gasteiger partial charge >= 0.3 is 0 Å². The number of carbonyl (C=O) groups is 1. The maximum atomic E-state index is 12.6. The molecule has 0 N–H and O–H groups in total. The van der Waals surface area contributed by atoms with Crippen molar-refractivity contribution in [1.29, 1.82) is 0 Å². The summed E-state index contributed by atoms with van der Waals surface area (Å²) < 4.78 is 25.3. The van der Waals surface area contributed by atoms with Crippen LogP contribution in [-0.4, -0.2) is 10.7 Å². The van der Waals surface area contributed by atoms with Crippen LogP contribution < -0.4 is 0 Å². The minimum absolute atomic E-state index is 0.124. The van der Waals surface area contributed by atoms with Crippen molar-refractivity contribution in [2.45, 2.75) is 13.3 Å². The fourth-order valence-corrected chi connectivity index (χ4v) is 1.49. The molecule has 0 heterocycles. The average Bonchev–Trinajstić information content (AvgIpc) is 2.15. The van der Waals surface area contributed by atoms with E-state index in [4.69, 9.17) is 11.6 Å². The first-order chi connectivity index (χ1) is 7.34. The van der Waals surface area contributed by atoms with Crippen LogP contribution in [0, 0.1) is 10.1 Å². The Balaban J connectivity index is 3.60. The second-order valence-electron chi connectivity index (χ2n) is 3.00. The van der Waals surface area contributed by atoms with Crippen LogP contribution in [0.5, 0.6) is 0 Å². The summed E-state index contributed by atoms with van der Waals surface area (Å²) in [6, 6.07) is 1.80. The number of nitrogens with zero attached hydrogens (tertiary/aromatic N) is 1. The average molecular weight is 250 g/mol. The molecule has 0 saturated heterocycles. The maximum absolute atomic E-state index is 12.6. The van der Waals surface area contributed by atoms with Crippen LogP contribution in [0.15, 0.2) is 12.1 Å². The molecular weight excluding hydrogens is 244 g/mol. The number of ketones is 1. The zero-order valence-electron chi connectivity index (χ0n) is 8.04. The van der Waals surface area contributed by atoms with Crippen LogP contribution in [0.1, 0.15) is 29.3 Å². The molecule has 1 aromatic rings. The molecule has 16 heavy (non-hydrogen) atoms. The van der Waals surface area contributed by atoms with Crippen LogP contribution in [0.25, 0.3) is 0 Å². The molecule has 0 fully saturated rings. The van der Waals surface area contributed by atoms with Gasteiger partial charge in [-0.2, -0.15) is 0 Å². The SMILES string of the molecule is CC(=O)c1cc(Cl)cc([N+](=O)[O-])c1C(F)F. The van der Waals surface area contributed by atoms with Crippen molar-refractivity contribution in [2.75, 3.05) is 0 Å². The Bertz CT molecular complexity index is 427. The van der Waals surface area contributed by atoms with Crippen LogP contribution in [0.4, 0.5) is 14.5 Å². The normalized spacial score (nSPS) is 10.6. The van der Waals surface area contributed by atoms with Gasteiger partial charge in [-0.15, -0.1) is 0 Å². The number of halogens is 3. The Labute approximate surface area is 94.0 Å². The number of benzene rings is 1. The van der Waals surface area contributed by atoms with E-state index in [-0.39, 0.29) is 5.02 Å². The lowest BCUT2D eigenvalue weighted by Gasteiger charge is -2.07. The van der Waals surface area contributed by atoms with Crippen LogP contribution >= 0.6 is 11.6 Å². The van der Waals surface area contributed by atoms with Gasteiger partial charge in [0.25, 0.3) is 12.1 Å². The lowest BCUT2D eigenvalue weighted by atomic mass is 10.0. The first-order valence-electron chi connectivity index (χ1n) is 4.11. The molecule has 0 atom stereocenters. The largest absolute Gasteiger partial charge is 0.294 e. The molecule has 0 aliphatic heterocycles. The third-order valence-corrected chi connectivity index (χ3v) is 2.14. The minimum atomic E-state index is -3.10. The molecule has 0 spiro atoms. The van der Waals surface area contributed by atoms with Crippen molar-refractivity contribution in [2.24, 2.45) is 0 Å². The molecule has 0 amide bonds. The number of nitro groups is 1. The van der Waals surface area contributed by atoms with Gasteiger partial charge in [0.05, 0.1) is 4.92 Å². The van der Waals surface area contributed by atoms with Gasteiger partial charge in [0, 0.05) is 16.7 Å². The third-order valence-electron chi connectivity index (χ3n) is 1.92. The molecule has 0 saturated carbocycles. The molecule has 7 heteroatoms. The summed E-state index contributed by atoms with van der Waals surface area (Å²) in [5, 5.41) is 10.4. The minimum Gasteiger partial charge on any atom is -0.294 e. The van der Waals surface area contributed by atoms with E-state index in [1.165, 1.54) is 0 Å². The van der Waals surface area contributed by atoms with E-state index in [1.54, 1.807) is 0 Å². The van der Waals surface area contributed by atoms with Crippen LogP contribution in [0.2, 0.25) is 5.02 Å². The highest BCUT2D eigenvalue weighted by Gasteiger charge is 2.28. The Morgan fingerprint density at radius 1 is 1.50 bits per heavy atom. The summed E-state index contributed by atoms with van der Waals surface area (Å²) in [6.45, 7) is 1.04. The van der Waals surface area contributed by atoms with Crippen molar-refractivity contribution in [3.63, 3.8) is 0 Å². The fraction of sp³-hybridized carbons (Fsp3) is 0.222. The Morgan fingerprint density at radius 3 is 2.44 bits per heavy atom. The van der Waals surface area contributed by atoms with E-state index < -0.39 is 33.9 Å². The predicted octanol–water partition coefficient (Wildman–Crippen LogP) is 3.39. The monoisotopic (exact) mass is 249 g/mol. The highest BCUT2D eigenvalue weighted by atomic mass is 35.5. The van der Waals surface area contributed by atoms with E-state index in [9.17, 15) is 23.7 Å². The van der Waals surface area contributed by atoms with Gasteiger partial charge in [-0.1, -0.05) is 11.6 Å². The first-order valence-corrected chi connectivity index (χ1v) is 4.49. The number of nitro benzene ring substituents is 1. The third kappa shape index (κ3) is 2.33. The number of carbonyl (C=O) groups excluding carboxylic acids is 1. The summed E-state index contributed by atoms with van der Waals surface area (Å²) in [6.07, 6.45) is -3.10. The van der Waals surface area contributed by atoms with E-state index in [1.807, 2.05) is 0 Å². The summed E-state index contributed by atoms with van der Waals surface area (Å²) in [7, 11) is 0. The van der Waals surface area contributed by atoms with E-state index >= 15 is 0 Å². The number of hydrogen-bond donors (Lipinski definition) is 0. The lowest BCUT2D eigenvalue weighted by Crippen LogP contribution is -2.05. The van der Waals surface area contributed by atoms with Crippen molar-refractivity contribution in [3.05, 3.63) is 38.4 Å². The molecule has 4 nitrogen and oxygen atoms in total. The molecule has 0 aliphatic carbocycles. The number of hydrogen-bond acceptors (Lipinski definition) is 3. The van der Waals surface area contributed by atoms with Gasteiger partial charge in [-0.3, -0.25) is 14.9 Å². The second kappa shape index (κ2) is 4.52. The Morgan fingerprint density at radius 2 is 2.06 bits per heavy atom. The summed E-state index contributed by atoms with van der Waals surface area (Å²) in [5.74, 6) is -0.694. The number of alkyl halides is 2. The maximum Gasteiger partial charge on any atom is 0.280 e. The van der Waals surface area contributed by atoms with Gasteiger partial charge in [-0.05, 0) is 13.0 Å². The molecule has 1 rings (SSSR count). The van der Waals surface area contributed by atoms with Gasteiger partial charge in [0.15, 0.2) is 5.78 Å². The number of rotatable bonds is 3. The van der Waals surface area contributed by atoms with E-state index in [0.29, 0.717) is 0 Å². The van der Waals surface area contributed by atoms with Crippen molar-refractivity contribution in [1.82, 2.24) is 0 Å². The lowest BCUT2D eigenvalue weighted by molar-refractivity contribution is -0.386. The van der Waals surface area contributed by atoms with Crippen molar-refractivity contribution >= 4 is 23.1 Å². The zero-order chi connectivity index (χ0) is 12.5. The Kier molecular flexibility index (Phi) is 3.54. The second-order valence-corrected chi connectivity index (χ2v) is 3.44. The molecule has 0 unspecified atom stereocenters. The molecule has 86 valence electrons. The first kappa shape index (κ1) is 12.5. The quantitative estimate of drug-likeness (QED) is 0.469. The van der Waals surface area contributed by atoms with E-state index in [0.717, 1.165) is 19.1 Å². The number of Topliss-reactive ketones (excluding diaryl/α,β-unsaturated/α-hetero) is 1. The van der Waals surface area contributed by atoms with Crippen LogP contribution in [0.3, 0.4) is 0 Å². The van der Waals surface area contributed by atoms with Crippen LogP contribution in [-0.2, 0) is 0 Å². The molecule has 0 aromatic heterocycles. The van der Waals surface area contributed by atoms with Gasteiger partial charge < -0.3 is 0 Å². The molecule has 1 aromatic carbocycles. The van der Waals surface area contributed by atoms with Gasteiger partial charge in [-0.25, -0.2) is 8.78 Å². The van der Waals surface area contributed by atoms with Gasteiger partial charge in [0.2, 0.25) is 0 Å². The summed E-state index contributed by atoms with van der Waals surface area (Å²) >= 11 is 5.51. The predicted molar refractivity (Wildman–Crippen MR) is 53.1 cm³/mol. The molecule has 0 bridgehead atoms. The Hall–Kier alpha value is -1.56.